The zero-order valence-electron chi connectivity index (χ0n) is 4.58. The second-order valence-electron chi connectivity index (χ2n) is 1.23. The van der Waals surface area contributed by atoms with Gasteiger partial charge in [-0.05, 0) is 0 Å². The summed E-state index contributed by atoms with van der Waals surface area (Å²) in [6.07, 6.45) is 0. The number of carbonyl (C=O) groups excluding carboxylic acids is 1. The van der Waals surface area contributed by atoms with Crippen molar-refractivity contribution in [2.75, 3.05) is 13.2 Å². The lowest BCUT2D eigenvalue weighted by Gasteiger charge is -2.04. The number of amides is 2. The number of hydrogen-bond acceptors (Lipinski definition) is 3. The fourth-order valence-corrected chi connectivity index (χ4v) is 0.271. The third-order valence-electron chi connectivity index (χ3n) is 0.649. The van der Waals surface area contributed by atoms with E-state index >= 15 is 0 Å². The number of halogens is 1. The van der Waals surface area contributed by atoms with Gasteiger partial charge in [0.2, 0.25) is 0 Å². The topological polar surface area (TPSA) is 75.8 Å². The molecule has 0 rings (SSSR count). The number of rotatable bonds is 3. The molecule has 2 amide bonds. The maximum absolute atomic E-state index is 11.3. The Morgan fingerprint density at radius 1 is 1.78 bits per heavy atom. The monoisotopic (exact) mass is 135 g/mol. The van der Waals surface area contributed by atoms with Gasteiger partial charge in [-0.1, -0.05) is 0 Å². The number of nitroso groups, excluding NO2 is 1. The van der Waals surface area contributed by atoms with Crippen LogP contribution in [-0.4, -0.2) is 24.3 Å². The molecule has 0 aromatic carbocycles. The van der Waals surface area contributed by atoms with Crippen molar-refractivity contribution in [3.05, 3.63) is 4.91 Å². The molecule has 9 heavy (non-hydrogen) atoms. The summed E-state index contributed by atoms with van der Waals surface area (Å²) in [5, 5.41) is 2.45. The number of carbonyl (C=O) groups is 1. The zero-order valence-corrected chi connectivity index (χ0v) is 4.58. The molecule has 52 valence electrons. The van der Waals surface area contributed by atoms with E-state index in [0.717, 1.165) is 0 Å². The average Bonchev–Trinajstić information content (AvgIpc) is 1.82. The molecule has 5 nitrogen and oxygen atoms in total. The molecule has 0 aliphatic rings. The standard InChI is InChI=1S/C3H6FN3O2/c4-1-2-7(6-9)3(5)8/h1-2H2,(H2,5,8). The van der Waals surface area contributed by atoms with Gasteiger partial charge in [-0.15, -0.1) is 4.91 Å². The molecule has 0 fully saturated rings. The van der Waals surface area contributed by atoms with Gasteiger partial charge >= 0.3 is 6.03 Å². The number of urea groups is 1. The minimum atomic E-state index is -1.04. The van der Waals surface area contributed by atoms with Crippen LogP contribution in [0.4, 0.5) is 9.18 Å². The van der Waals surface area contributed by atoms with Crippen molar-refractivity contribution in [3.8, 4) is 0 Å². The van der Waals surface area contributed by atoms with Crippen LogP contribution in [0.3, 0.4) is 0 Å². The second kappa shape index (κ2) is 3.76. The number of nitrogens with zero attached hydrogens (tertiary/aromatic N) is 2. The van der Waals surface area contributed by atoms with Gasteiger partial charge in [0, 0.05) is 0 Å². The molecule has 6 heteroatoms. The highest BCUT2D eigenvalue weighted by atomic mass is 19.1. The van der Waals surface area contributed by atoms with E-state index in [1.165, 1.54) is 0 Å². The molecule has 0 saturated heterocycles. The summed E-state index contributed by atoms with van der Waals surface area (Å²) in [6.45, 7) is -1.20. The van der Waals surface area contributed by atoms with Crippen LogP contribution in [0, 0.1) is 4.91 Å². The first-order valence-electron chi connectivity index (χ1n) is 2.18. The predicted molar refractivity (Wildman–Crippen MR) is 28.1 cm³/mol. The maximum Gasteiger partial charge on any atom is 0.337 e. The molecule has 0 aromatic heterocycles. The highest BCUT2D eigenvalue weighted by Crippen LogP contribution is 1.86. The van der Waals surface area contributed by atoms with E-state index in [9.17, 15) is 14.1 Å². The van der Waals surface area contributed by atoms with Crippen molar-refractivity contribution in [3.63, 3.8) is 0 Å². The first kappa shape index (κ1) is 7.80. The van der Waals surface area contributed by atoms with Crippen molar-refractivity contribution >= 4 is 6.03 Å². The number of hydrogen-bond donors (Lipinski definition) is 1. The molecule has 2 N–H and O–H groups in total. The third-order valence-corrected chi connectivity index (χ3v) is 0.649. The van der Waals surface area contributed by atoms with Crippen LogP contribution in [0.2, 0.25) is 0 Å². The lowest BCUT2D eigenvalue weighted by atomic mass is 10.7. The summed E-state index contributed by atoms with van der Waals surface area (Å²) in [5.74, 6) is 0. The molecular weight excluding hydrogens is 129 g/mol. The molecule has 0 aromatic rings. The molecule has 0 saturated carbocycles. The number of alkyl halides is 1. The lowest BCUT2D eigenvalue weighted by molar-refractivity contribution is 0.204. The quantitative estimate of drug-likeness (QED) is 0.437. The molecule has 0 heterocycles. The Labute approximate surface area is 50.6 Å². The third kappa shape index (κ3) is 2.58. The SMILES string of the molecule is NC(=O)N(CCF)N=O. The van der Waals surface area contributed by atoms with E-state index in [2.05, 4.69) is 11.0 Å². The highest BCUT2D eigenvalue weighted by molar-refractivity contribution is 5.71. The van der Waals surface area contributed by atoms with Crippen LogP contribution in [-0.2, 0) is 0 Å². The lowest BCUT2D eigenvalue weighted by Crippen LogP contribution is -2.32. The zero-order chi connectivity index (χ0) is 7.28. The Hall–Kier alpha value is -1.20. The summed E-state index contributed by atoms with van der Waals surface area (Å²) in [5.41, 5.74) is 4.56. The average molecular weight is 135 g/mol. The molecule has 0 aliphatic heterocycles. The van der Waals surface area contributed by atoms with E-state index in [-0.39, 0.29) is 6.54 Å². The van der Waals surface area contributed by atoms with Crippen molar-refractivity contribution in [1.29, 1.82) is 0 Å². The van der Waals surface area contributed by atoms with Crippen LogP contribution in [0.25, 0.3) is 0 Å². The number of nitrogens with two attached hydrogens (primary N) is 1. The normalized spacial score (nSPS) is 8.56. The molecule has 0 radical (unpaired) electrons. The molecule has 0 spiro atoms. The van der Waals surface area contributed by atoms with Gasteiger partial charge in [0.25, 0.3) is 0 Å². The second-order valence-corrected chi connectivity index (χ2v) is 1.23. The van der Waals surface area contributed by atoms with Gasteiger partial charge in [0.05, 0.1) is 11.8 Å². The van der Waals surface area contributed by atoms with E-state index in [1.54, 1.807) is 0 Å². The smallest absolute Gasteiger partial charge is 0.337 e. The van der Waals surface area contributed by atoms with E-state index in [4.69, 9.17) is 0 Å². The van der Waals surface area contributed by atoms with Crippen LogP contribution in [0.15, 0.2) is 5.29 Å². The summed E-state index contributed by atoms with van der Waals surface area (Å²) >= 11 is 0. The molecule has 0 aliphatic carbocycles. The van der Waals surface area contributed by atoms with E-state index in [1.807, 2.05) is 0 Å². The molecule has 0 atom stereocenters. The first-order chi connectivity index (χ1) is 4.22. The van der Waals surface area contributed by atoms with Crippen molar-refractivity contribution < 1.29 is 9.18 Å². The molecule has 0 unspecified atom stereocenters. The van der Waals surface area contributed by atoms with Gasteiger partial charge in [0.1, 0.15) is 6.67 Å². The van der Waals surface area contributed by atoms with Crippen LogP contribution in [0.1, 0.15) is 0 Å². The van der Waals surface area contributed by atoms with Crippen LogP contribution in [0.5, 0.6) is 0 Å². The Morgan fingerprint density at radius 3 is 2.44 bits per heavy atom. The summed E-state index contributed by atoms with van der Waals surface area (Å²) < 4.78 is 11.3. The fraction of sp³-hybridized carbons (Fsp3) is 0.667. The highest BCUT2D eigenvalue weighted by Gasteiger charge is 2.06. The largest absolute Gasteiger partial charge is 0.350 e. The molecule has 0 bridgehead atoms. The van der Waals surface area contributed by atoms with Crippen LogP contribution < -0.4 is 5.73 Å². The first-order valence-corrected chi connectivity index (χ1v) is 2.18. The van der Waals surface area contributed by atoms with E-state index < -0.39 is 12.7 Å². The van der Waals surface area contributed by atoms with Gasteiger partial charge in [-0.3, -0.25) is 0 Å². The van der Waals surface area contributed by atoms with Gasteiger partial charge < -0.3 is 5.73 Å². The van der Waals surface area contributed by atoms with Gasteiger partial charge in [-0.25, -0.2) is 9.18 Å². The van der Waals surface area contributed by atoms with Gasteiger partial charge in [-0.2, -0.15) is 5.01 Å². The Kier molecular flexibility index (Phi) is 3.26. The minimum Gasteiger partial charge on any atom is -0.350 e. The Balaban J connectivity index is 3.68. The van der Waals surface area contributed by atoms with Crippen LogP contribution >= 0.6 is 0 Å². The Morgan fingerprint density at radius 2 is 2.33 bits per heavy atom. The predicted octanol–water partition coefficient (Wildman–Crippen LogP) is 0.0180. The van der Waals surface area contributed by atoms with Crippen molar-refractivity contribution in [2.24, 2.45) is 11.0 Å². The Bertz CT molecular complexity index is 118. The molecular formula is C3H6FN3O2. The summed E-state index contributed by atoms with van der Waals surface area (Å²) in [7, 11) is 0. The summed E-state index contributed by atoms with van der Waals surface area (Å²) in [6, 6.07) is -1.04. The van der Waals surface area contributed by atoms with E-state index in [0.29, 0.717) is 5.01 Å². The minimum absolute atomic E-state index is 0.306. The van der Waals surface area contributed by atoms with Crippen molar-refractivity contribution in [1.82, 2.24) is 5.01 Å². The van der Waals surface area contributed by atoms with Crippen molar-refractivity contribution in [2.45, 2.75) is 0 Å². The number of primary amides is 1. The van der Waals surface area contributed by atoms with Gasteiger partial charge in [0.15, 0.2) is 0 Å². The summed E-state index contributed by atoms with van der Waals surface area (Å²) in [4.78, 5) is 19.6. The fourth-order valence-electron chi connectivity index (χ4n) is 0.271. The maximum atomic E-state index is 11.3.